The molecule has 116 valence electrons. The van der Waals surface area contributed by atoms with E-state index in [1.54, 1.807) is 41.5 Å². The second-order valence-electron chi connectivity index (χ2n) is 6.86. The van der Waals surface area contributed by atoms with E-state index in [-0.39, 0.29) is 0 Å². The maximum absolute atomic E-state index is 11.7. The summed E-state index contributed by atoms with van der Waals surface area (Å²) in [6.07, 6.45) is -0.453. The summed E-state index contributed by atoms with van der Waals surface area (Å²) in [5, 5.41) is 18.9. The Morgan fingerprint density at radius 2 is 1.75 bits per heavy atom. The Labute approximate surface area is 119 Å². The molecule has 0 aromatic heterocycles. The van der Waals surface area contributed by atoms with Gasteiger partial charge in [-0.1, -0.05) is 20.8 Å². The molecule has 1 rings (SSSR count). The molecule has 3 atom stereocenters. The van der Waals surface area contributed by atoms with E-state index in [0.29, 0.717) is 6.42 Å². The van der Waals surface area contributed by atoms with Crippen LogP contribution in [0.1, 0.15) is 48.0 Å². The summed E-state index contributed by atoms with van der Waals surface area (Å²) >= 11 is 0. The van der Waals surface area contributed by atoms with E-state index >= 15 is 0 Å². The number of carboxylic acid groups (broad SMARTS) is 2. The largest absolute Gasteiger partial charge is 0.481 e. The molecule has 0 spiro atoms. The van der Waals surface area contributed by atoms with Gasteiger partial charge in [0.05, 0.1) is 11.5 Å². The highest BCUT2D eigenvalue weighted by Gasteiger charge is 2.82. The molecule has 3 unspecified atom stereocenters. The molecule has 0 heterocycles. The molecular formula is C14H24O6. The third kappa shape index (κ3) is 2.42. The van der Waals surface area contributed by atoms with E-state index in [2.05, 4.69) is 0 Å². The second-order valence-corrected chi connectivity index (χ2v) is 6.86. The fraction of sp³-hybridized carbons (Fsp3) is 0.857. The smallest absolute Gasteiger partial charge is 0.313 e. The molecule has 1 saturated carbocycles. The molecule has 1 aliphatic carbocycles. The number of rotatable bonds is 6. The molecule has 1 fully saturated rings. The first kappa shape index (κ1) is 16.9. The van der Waals surface area contributed by atoms with Gasteiger partial charge in [-0.25, -0.2) is 9.78 Å². The van der Waals surface area contributed by atoms with Crippen molar-refractivity contribution in [3.63, 3.8) is 0 Å². The zero-order chi connectivity index (χ0) is 15.9. The molecule has 0 aliphatic heterocycles. The third-order valence-electron chi connectivity index (χ3n) is 4.05. The van der Waals surface area contributed by atoms with Crippen molar-refractivity contribution >= 4 is 11.9 Å². The molecule has 0 aromatic rings. The first-order valence-corrected chi connectivity index (χ1v) is 6.73. The van der Waals surface area contributed by atoms with Crippen LogP contribution in [0.15, 0.2) is 0 Å². The zero-order valence-corrected chi connectivity index (χ0v) is 12.9. The highest BCUT2D eigenvalue weighted by molar-refractivity contribution is 5.92. The van der Waals surface area contributed by atoms with Crippen LogP contribution in [0.4, 0.5) is 0 Å². The van der Waals surface area contributed by atoms with E-state index in [1.165, 1.54) is 0 Å². The lowest BCUT2D eigenvalue weighted by atomic mass is 9.88. The fourth-order valence-electron chi connectivity index (χ4n) is 3.11. The van der Waals surface area contributed by atoms with Crippen molar-refractivity contribution in [2.24, 2.45) is 16.7 Å². The van der Waals surface area contributed by atoms with E-state index in [9.17, 15) is 19.8 Å². The molecule has 1 aliphatic rings. The second kappa shape index (κ2) is 5.00. The Bertz CT molecular complexity index is 408. The van der Waals surface area contributed by atoms with Crippen molar-refractivity contribution in [3.05, 3.63) is 0 Å². The monoisotopic (exact) mass is 288 g/mol. The number of hydrogen-bond acceptors (Lipinski definition) is 4. The van der Waals surface area contributed by atoms with Crippen molar-refractivity contribution in [2.75, 3.05) is 0 Å². The van der Waals surface area contributed by atoms with E-state index < -0.39 is 40.4 Å². The minimum Gasteiger partial charge on any atom is -0.481 e. The normalized spacial score (nSPS) is 29.8. The average Bonchev–Trinajstić information content (AvgIpc) is 2.76. The van der Waals surface area contributed by atoms with E-state index in [0.717, 1.165) is 0 Å². The molecule has 0 aromatic carbocycles. The molecule has 0 amide bonds. The topological polar surface area (TPSA) is 93.1 Å². The lowest BCUT2D eigenvalue weighted by Gasteiger charge is -2.28. The number of carboxylic acids is 2. The van der Waals surface area contributed by atoms with Gasteiger partial charge in [-0.15, -0.1) is 0 Å². The summed E-state index contributed by atoms with van der Waals surface area (Å²) in [7, 11) is 0. The van der Waals surface area contributed by atoms with Gasteiger partial charge in [-0.2, -0.15) is 0 Å². The predicted molar refractivity (Wildman–Crippen MR) is 71.0 cm³/mol. The highest BCUT2D eigenvalue weighted by Crippen LogP contribution is 2.71. The summed E-state index contributed by atoms with van der Waals surface area (Å²) in [5.41, 5.74) is -2.93. The molecular weight excluding hydrogens is 264 g/mol. The van der Waals surface area contributed by atoms with Crippen molar-refractivity contribution < 1.29 is 29.6 Å². The Morgan fingerprint density at radius 3 is 2.00 bits per heavy atom. The van der Waals surface area contributed by atoms with Gasteiger partial charge in [0.1, 0.15) is 11.5 Å². The number of carbonyl (C=O) groups is 2. The quantitative estimate of drug-likeness (QED) is 0.575. The SMILES string of the molecule is CCC(OOC(C)(C)C)C1(C(=O)O)C(C(=O)O)C1(C)C. The van der Waals surface area contributed by atoms with Crippen molar-refractivity contribution in [1.82, 2.24) is 0 Å². The van der Waals surface area contributed by atoms with Crippen LogP contribution in [0.3, 0.4) is 0 Å². The Morgan fingerprint density at radius 1 is 1.25 bits per heavy atom. The van der Waals surface area contributed by atoms with Crippen molar-refractivity contribution in [3.8, 4) is 0 Å². The van der Waals surface area contributed by atoms with Gasteiger partial charge < -0.3 is 10.2 Å². The van der Waals surface area contributed by atoms with Crippen molar-refractivity contribution in [1.29, 1.82) is 0 Å². The molecule has 0 radical (unpaired) electrons. The van der Waals surface area contributed by atoms with Crippen LogP contribution >= 0.6 is 0 Å². The van der Waals surface area contributed by atoms with E-state index in [1.807, 2.05) is 0 Å². The third-order valence-corrected chi connectivity index (χ3v) is 4.05. The van der Waals surface area contributed by atoms with Gasteiger partial charge in [0.25, 0.3) is 0 Å². The standard InChI is InChI=1S/C14H24O6/c1-7-8(19-20-12(2,3)4)14(11(17)18)9(10(15)16)13(14,5)6/h8-9H,7H2,1-6H3,(H,15,16)(H,17,18). The summed E-state index contributed by atoms with van der Waals surface area (Å²) in [4.78, 5) is 33.6. The maximum atomic E-state index is 11.7. The van der Waals surface area contributed by atoms with Crippen LogP contribution in [-0.4, -0.2) is 33.9 Å². The summed E-state index contributed by atoms with van der Waals surface area (Å²) in [5.74, 6) is -3.25. The molecule has 2 N–H and O–H groups in total. The lowest BCUT2D eigenvalue weighted by Crippen LogP contribution is -2.39. The molecule has 6 heteroatoms. The molecule has 0 saturated heterocycles. The van der Waals surface area contributed by atoms with Gasteiger partial charge in [0.15, 0.2) is 0 Å². The predicted octanol–water partition coefficient (Wildman–Crippen LogP) is 2.32. The minimum absolute atomic E-state index is 0.357. The number of hydrogen-bond donors (Lipinski definition) is 2. The average molecular weight is 288 g/mol. The number of aliphatic carboxylic acids is 2. The van der Waals surface area contributed by atoms with Crippen molar-refractivity contribution in [2.45, 2.75) is 59.7 Å². The van der Waals surface area contributed by atoms with Crippen LogP contribution in [0.2, 0.25) is 0 Å². The zero-order valence-electron chi connectivity index (χ0n) is 12.9. The maximum Gasteiger partial charge on any atom is 0.313 e. The van der Waals surface area contributed by atoms with Crippen LogP contribution in [0.25, 0.3) is 0 Å². The first-order chi connectivity index (χ1) is 8.92. The fourth-order valence-corrected chi connectivity index (χ4v) is 3.11. The van der Waals surface area contributed by atoms with Gasteiger partial charge in [-0.05, 0) is 32.6 Å². The first-order valence-electron chi connectivity index (χ1n) is 6.73. The molecule has 6 nitrogen and oxygen atoms in total. The summed E-state index contributed by atoms with van der Waals surface area (Å²) in [6, 6.07) is 0. The lowest BCUT2D eigenvalue weighted by molar-refractivity contribution is -0.383. The van der Waals surface area contributed by atoms with Gasteiger partial charge in [-0.3, -0.25) is 9.59 Å². The molecule has 20 heavy (non-hydrogen) atoms. The molecule has 0 bridgehead atoms. The van der Waals surface area contributed by atoms with Gasteiger partial charge in [0, 0.05) is 0 Å². The Hall–Kier alpha value is -1.14. The van der Waals surface area contributed by atoms with Gasteiger partial charge >= 0.3 is 11.9 Å². The van der Waals surface area contributed by atoms with Gasteiger partial charge in [0.2, 0.25) is 0 Å². The minimum atomic E-state index is -1.46. The Balaban J connectivity index is 3.08. The van der Waals surface area contributed by atoms with E-state index in [4.69, 9.17) is 9.78 Å². The van der Waals surface area contributed by atoms with Crippen LogP contribution < -0.4 is 0 Å². The summed E-state index contributed by atoms with van der Waals surface area (Å²) < 4.78 is 0. The Kier molecular flexibility index (Phi) is 4.23. The highest BCUT2D eigenvalue weighted by atomic mass is 17.2. The summed E-state index contributed by atoms with van der Waals surface area (Å²) in [6.45, 7) is 10.4. The van der Waals surface area contributed by atoms with Crippen LogP contribution in [0, 0.1) is 16.7 Å². The van der Waals surface area contributed by atoms with Crippen LogP contribution in [-0.2, 0) is 19.4 Å². The van der Waals surface area contributed by atoms with Crippen LogP contribution in [0.5, 0.6) is 0 Å².